The van der Waals surface area contributed by atoms with Crippen molar-refractivity contribution >= 4 is 17.8 Å². The van der Waals surface area contributed by atoms with Crippen molar-refractivity contribution in [3.8, 4) is 28.7 Å². The minimum Gasteiger partial charge on any atom is -0.493 e. The zero-order valence-corrected chi connectivity index (χ0v) is 18.6. The molecule has 7 nitrogen and oxygen atoms in total. The smallest absolute Gasteiger partial charge is 0.343 e. The second kappa shape index (κ2) is 9.08. The van der Waals surface area contributed by atoms with E-state index in [0.29, 0.717) is 28.6 Å². The highest BCUT2D eigenvalue weighted by Gasteiger charge is 2.28. The maximum absolute atomic E-state index is 12.8. The van der Waals surface area contributed by atoms with Gasteiger partial charge in [-0.15, -0.1) is 0 Å². The standard InChI is InChI=1S/C26H22O7/c1-15-6-5-7-16(10-15)11-21-24(27)19-9-8-18(14-20(19)33-21)32-26(28)17-12-22(29-2)25(31-4)23(13-17)30-3/h5-14H,1-4H3. The molecular weight excluding hydrogens is 424 g/mol. The molecule has 0 unspecified atom stereocenters. The van der Waals surface area contributed by atoms with Gasteiger partial charge in [-0.05, 0) is 42.8 Å². The molecule has 1 aliphatic heterocycles. The molecule has 1 aliphatic rings. The van der Waals surface area contributed by atoms with E-state index in [1.807, 2.05) is 31.2 Å². The van der Waals surface area contributed by atoms with Crippen molar-refractivity contribution in [2.24, 2.45) is 0 Å². The molecule has 0 radical (unpaired) electrons. The molecule has 33 heavy (non-hydrogen) atoms. The van der Waals surface area contributed by atoms with E-state index in [2.05, 4.69) is 0 Å². The minimum atomic E-state index is -0.631. The van der Waals surface area contributed by atoms with E-state index in [0.717, 1.165) is 11.1 Å². The zero-order valence-electron chi connectivity index (χ0n) is 18.6. The Hall–Kier alpha value is -4.26. The lowest BCUT2D eigenvalue weighted by Gasteiger charge is -2.13. The first-order chi connectivity index (χ1) is 15.9. The van der Waals surface area contributed by atoms with Gasteiger partial charge >= 0.3 is 5.97 Å². The Morgan fingerprint density at radius 1 is 0.909 bits per heavy atom. The molecule has 3 aromatic carbocycles. The van der Waals surface area contributed by atoms with Crippen LogP contribution in [0.15, 0.2) is 60.4 Å². The molecule has 0 saturated heterocycles. The summed E-state index contributed by atoms with van der Waals surface area (Å²) in [6, 6.07) is 15.4. The summed E-state index contributed by atoms with van der Waals surface area (Å²) in [5.74, 6) is 0.946. The summed E-state index contributed by atoms with van der Waals surface area (Å²) in [5, 5.41) is 0. The first kappa shape index (κ1) is 22.0. The van der Waals surface area contributed by atoms with Gasteiger partial charge in [0.15, 0.2) is 17.3 Å². The van der Waals surface area contributed by atoms with E-state index in [1.165, 1.54) is 39.5 Å². The fraction of sp³-hybridized carbons (Fsp3) is 0.154. The number of rotatable bonds is 6. The number of fused-ring (bicyclic) bond motifs is 1. The minimum absolute atomic E-state index is 0.210. The summed E-state index contributed by atoms with van der Waals surface area (Å²) in [6.07, 6.45) is 1.69. The van der Waals surface area contributed by atoms with Crippen molar-refractivity contribution in [3.05, 3.63) is 82.6 Å². The van der Waals surface area contributed by atoms with Crippen LogP contribution >= 0.6 is 0 Å². The van der Waals surface area contributed by atoms with Crippen LogP contribution in [0.2, 0.25) is 0 Å². The zero-order chi connectivity index (χ0) is 23.5. The molecule has 3 aromatic rings. The summed E-state index contributed by atoms with van der Waals surface area (Å²) < 4.78 is 27.1. The van der Waals surface area contributed by atoms with E-state index >= 15 is 0 Å². The molecule has 0 amide bonds. The molecule has 0 spiro atoms. The van der Waals surface area contributed by atoms with Gasteiger partial charge in [-0.25, -0.2) is 4.79 Å². The van der Waals surface area contributed by atoms with Crippen LogP contribution in [0.1, 0.15) is 31.8 Å². The number of carbonyl (C=O) groups excluding carboxylic acids is 2. The lowest BCUT2D eigenvalue weighted by atomic mass is 10.1. The van der Waals surface area contributed by atoms with Gasteiger partial charge in [0.05, 0.1) is 32.5 Å². The monoisotopic (exact) mass is 446 g/mol. The number of carbonyl (C=O) groups is 2. The highest BCUT2D eigenvalue weighted by molar-refractivity contribution is 6.14. The Kier molecular flexibility index (Phi) is 6.04. The van der Waals surface area contributed by atoms with Gasteiger partial charge in [-0.3, -0.25) is 4.79 Å². The molecule has 0 aliphatic carbocycles. The maximum atomic E-state index is 12.8. The van der Waals surface area contributed by atoms with Crippen LogP contribution in [0.25, 0.3) is 6.08 Å². The average molecular weight is 446 g/mol. The van der Waals surface area contributed by atoms with Crippen molar-refractivity contribution < 1.29 is 33.3 Å². The van der Waals surface area contributed by atoms with E-state index in [4.69, 9.17) is 23.7 Å². The molecule has 0 atom stereocenters. The largest absolute Gasteiger partial charge is 0.493 e. The van der Waals surface area contributed by atoms with Gasteiger partial charge < -0.3 is 23.7 Å². The van der Waals surface area contributed by atoms with Gasteiger partial charge in [-0.1, -0.05) is 29.8 Å². The predicted molar refractivity (Wildman–Crippen MR) is 122 cm³/mol. The van der Waals surface area contributed by atoms with Crippen LogP contribution < -0.4 is 23.7 Å². The first-order valence-electron chi connectivity index (χ1n) is 10.1. The van der Waals surface area contributed by atoms with Crippen molar-refractivity contribution in [1.29, 1.82) is 0 Å². The van der Waals surface area contributed by atoms with Gasteiger partial charge in [-0.2, -0.15) is 0 Å². The van der Waals surface area contributed by atoms with Crippen LogP contribution in [0.5, 0.6) is 28.7 Å². The maximum Gasteiger partial charge on any atom is 0.343 e. The second-order valence-electron chi connectivity index (χ2n) is 7.32. The fourth-order valence-electron chi connectivity index (χ4n) is 3.51. The topological polar surface area (TPSA) is 80.3 Å². The Labute approximate surface area is 191 Å². The van der Waals surface area contributed by atoms with Crippen LogP contribution in [0, 0.1) is 6.92 Å². The van der Waals surface area contributed by atoms with Crippen LogP contribution in [0.4, 0.5) is 0 Å². The van der Waals surface area contributed by atoms with E-state index < -0.39 is 5.97 Å². The van der Waals surface area contributed by atoms with Crippen molar-refractivity contribution in [2.75, 3.05) is 21.3 Å². The SMILES string of the molecule is COc1cc(C(=O)Oc2ccc3c(c2)OC(=Cc2cccc(C)c2)C3=O)cc(OC)c1OC. The van der Waals surface area contributed by atoms with Crippen molar-refractivity contribution in [2.45, 2.75) is 6.92 Å². The van der Waals surface area contributed by atoms with Gasteiger partial charge in [0.1, 0.15) is 11.5 Å². The molecule has 0 bridgehead atoms. The van der Waals surface area contributed by atoms with E-state index in [9.17, 15) is 9.59 Å². The van der Waals surface area contributed by atoms with E-state index in [-0.39, 0.29) is 22.9 Å². The Balaban J connectivity index is 1.57. The van der Waals surface area contributed by atoms with Crippen LogP contribution in [-0.2, 0) is 0 Å². The summed E-state index contributed by atoms with van der Waals surface area (Å²) in [7, 11) is 4.40. The summed E-state index contributed by atoms with van der Waals surface area (Å²) in [6.45, 7) is 1.97. The molecule has 168 valence electrons. The van der Waals surface area contributed by atoms with Crippen LogP contribution in [-0.4, -0.2) is 33.1 Å². The summed E-state index contributed by atoms with van der Waals surface area (Å²) in [4.78, 5) is 25.5. The number of aryl methyl sites for hydroxylation is 1. The third kappa shape index (κ3) is 4.39. The molecule has 7 heteroatoms. The highest BCUT2D eigenvalue weighted by atomic mass is 16.5. The normalized spacial score (nSPS) is 13.3. The highest BCUT2D eigenvalue weighted by Crippen LogP contribution is 2.39. The number of hydrogen-bond donors (Lipinski definition) is 0. The summed E-state index contributed by atoms with van der Waals surface area (Å²) in [5.41, 5.74) is 2.55. The molecule has 0 fully saturated rings. The molecule has 1 heterocycles. The number of methoxy groups -OCH3 is 3. The first-order valence-corrected chi connectivity index (χ1v) is 10.1. The molecule has 4 rings (SSSR count). The Bertz CT molecular complexity index is 1250. The third-order valence-corrected chi connectivity index (χ3v) is 5.09. The Morgan fingerprint density at radius 2 is 1.64 bits per heavy atom. The predicted octanol–water partition coefficient (Wildman–Crippen LogP) is 4.86. The van der Waals surface area contributed by atoms with Gasteiger partial charge in [0.2, 0.25) is 11.5 Å². The summed E-state index contributed by atoms with van der Waals surface area (Å²) >= 11 is 0. The Morgan fingerprint density at radius 3 is 2.27 bits per heavy atom. The van der Waals surface area contributed by atoms with E-state index in [1.54, 1.807) is 18.2 Å². The molecular formula is C26H22O7. The van der Waals surface area contributed by atoms with Gasteiger partial charge in [0.25, 0.3) is 0 Å². The van der Waals surface area contributed by atoms with Crippen molar-refractivity contribution in [1.82, 2.24) is 0 Å². The lowest BCUT2D eigenvalue weighted by Crippen LogP contribution is -2.09. The molecule has 0 N–H and O–H groups in total. The number of ketones is 1. The number of allylic oxidation sites excluding steroid dienone is 1. The number of ether oxygens (including phenoxy) is 5. The van der Waals surface area contributed by atoms with Gasteiger partial charge in [0, 0.05) is 6.07 Å². The number of hydrogen-bond acceptors (Lipinski definition) is 7. The fourth-order valence-corrected chi connectivity index (χ4v) is 3.51. The molecule has 0 aromatic heterocycles. The van der Waals surface area contributed by atoms with Crippen LogP contribution in [0.3, 0.4) is 0 Å². The molecule has 0 saturated carbocycles. The third-order valence-electron chi connectivity index (χ3n) is 5.09. The number of Topliss-reactive ketones (excluding diaryl/α,β-unsaturated/α-hetero) is 1. The average Bonchev–Trinajstić information content (AvgIpc) is 3.12. The second-order valence-corrected chi connectivity index (χ2v) is 7.32. The quantitative estimate of drug-likeness (QED) is 0.304. The lowest BCUT2D eigenvalue weighted by molar-refractivity contribution is 0.0733. The van der Waals surface area contributed by atoms with Crippen molar-refractivity contribution in [3.63, 3.8) is 0 Å². The number of esters is 1. The number of benzene rings is 3.